The molecule has 0 amide bonds. The van der Waals surface area contributed by atoms with Crippen LogP contribution in [-0.2, 0) is 13.0 Å². The zero-order valence-corrected chi connectivity index (χ0v) is 22.0. The molecule has 0 saturated heterocycles. The maximum absolute atomic E-state index is 13.3. The van der Waals surface area contributed by atoms with Crippen molar-refractivity contribution in [1.29, 1.82) is 0 Å². The molecule has 2 aromatic heterocycles. The molecule has 0 fully saturated rings. The van der Waals surface area contributed by atoms with E-state index >= 15 is 0 Å². The number of nitrogens with zero attached hydrogens (tertiary/aromatic N) is 4. The minimum absolute atomic E-state index is 0.187. The van der Waals surface area contributed by atoms with Crippen LogP contribution in [0.4, 0.5) is 0 Å². The summed E-state index contributed by atoms with van der Waals surface area (Å²) in [4.78, 5) is 18.0. The first-order valence-corrected chi connectivity index (χ1v) is 12.8. The van der Waals surface area contributed by atoms with Crippen molar-refractivity contribution in [3.63, 3.8) is 0 Å². The van der Waals surface area contributed by atoms with Gasteiger partial charge in [-0.05, 0) is 48.4 Å². The van der Waals surface area contributed by atoms with Crippen LogP contribution in [0.5, 0.6) is 0 Å². The average Bonchev–Trinajstić information content (AvgIpc) is 3.19. The molecule has 0 unspecified atom stereocenters. The minimum Gasteiger partial charge on any atom is -0.342 e. The highest BCUT2D eigenvalue weighted by Crippen LogP contribution is 2.26. The van der Waals surface area contributed by atoms with E-state index in [0.29, 0.717) is 39.7 Å². The zero-order chi connectivity index (χ0) is 24.5. The number of aryl methyl sites for hydroxylation is 1. The van der Waals surface area contributed by atoms with Gasteiger partial charge in [0.05, 0.1) is 17.1 Å². The van der Waals surface area contributed by atoms with Crippen molar-refractivity contribution in [3.05, 3.63) is 109 Å². The fourth-order valence-corrected chi connectivity index (χ4v) is 4.99. The van der Waals surface area contributed by atoms with Crippen LogP contribution in [0.25, 0.3) is 21.8 Å². The summed E-state index contributed by atoms with van der Waals surface area (Å²) in [6.07, 6.45) is 5.25. The number of fused-ring (bicyclic) bond motifs is 2. The zero-order valence-electron chi connectivity index (χ0n) is 18.9. The molecule has 0 bridgehead atoms. The molecule has 176 valence electrons. The van der Waals surface area contributed by atoms with Crippen LogP contribution < -0.4 is 5.56 Å². The highest BCUT2D eigenvalue weighted by atomic mass is 79.9. The SMILES string of the molecule is CCCc1nc2ccc(Br)cc2c(=O)n1N=Cc1cn(Cc2ccc(Cl)cc2Cl)c2ccccc12. The largest absolute Gasteiger partial charge is 0.342 e. The summed E-state index contributed by atoms with van der Waals surface area (Å²) < 4.78 is 4.36. The molecule has 5 nitrogen and oxygen atoms in total. The summed E-state index contributed by atoms with van der Waals surface area (Å²) in [7, 11) is 0. The van der Waals surface area contributed by atoms with Crippen LogP contribution in [0.2, 0.25) is 10.0 Å². The van der Waals surface area contributed by atoms with Gasteiger partial charge in [0, 0.05) is 50.1 Å². The minimum atomic E-state index is -0.187. The van der Waals surface area contributed by atoms with Crippen LogP contribution in [0.3, 0.4) is 0 Å². The van der Waals surface area contributed by atoms with Crippen LogP contribution in [0.1, 0.15) is 30.3 Å². The summed E-state index contributed by atoms with van der Waals surface area (Å²) in [5.74, 6) is 0.639. The molecule has 0 saturated carbocycles. The third-order valence-electron chi connectivity index (χ3n) is 5.84. The molecule has 0 atom stereocenters. The number of para-hydroxylation sites is 1. The molecule has 5 rings (SSSR count). The Balaban J connectivity index is 1.60. The monoisotopic (exact) mass is 566 g/mol. The van der Waals surface area contributed by atoms with Crippen LogP contribution in [0.15, 0.2) is 81.2 Å². The normalized spacial score (nSPS) is 11.8. The van der Waals surface area contributed by atoms with Gasteiger partial charge in [-0.25, -0.2) is 4.98 Å². The maximum atomic E-state index is 13.3. The lowest BCUT2D eigenvalue weighted by Crippen LogP contribution is -2.22. The molecule has 5 aromatic rings. The van der Waals surface area contributed by atoms with E-state index in [2.05, 4.69) is 38.6 Å². The summed E-state index contributed by atoms with van der Waals surface area (Å²) >= 11 is 15.9. The van der Waals surface area contributed by atoms with Gasteiger partial charge in [0.2, 0.25) is 0 Å². The topological polar surface area (TPSA) is 52.2 Å². The first kappa shape index (κ1) is 23.8. The van der Waals surface area contributed by atoms with E-state index in [1.807, 2.05) is 48.7 Å². The van der Waals surface area contributed by atoms with E-state index in [1.165, 1.54) is 4.68 Å². The van der Waals surface area contributed by atoms with Crippen LogP contribution in [0, 0.1) is 0 Å². The molecule has 0 N–H and O–H groups in total. The Hall–Kier alpha value is -2.93. The number of aromatic nitrogens is 3. The molecule has 0 radical (unpaired) electrons. The van der Waals surface area contributed by atoms with Crippen LogP contribution in [-0.4, -0.2) is 20.4 Å². The standard InChI is InChI=1S/C27H21BrCl2N4O/c1-2-5-26-32-24-11-9-19(28)12-22(24)27(35)34(26)31-14-18-16-33(25-7-4-3-6-21(18)25)15-17-8-10-20(29)13-23(17)30/h3-4,6-14,16H,2,5,15H2,1H3. The van der Waals surface area contributed by atoms with E-state index < -0.39 is 0 Å². The van der Waals surface area contributed by atoms with Gasteiger partial charge in [-0.3, -0.25) is 4.79 Å². The van der Waals surface area contributed by atoms with Gasteiger partial charge >= 0.3 is 0 Å². The third kappa shape index (κ3) is 4.79. The summed E-state index contributed by atoms with van der Waals surface area (Å²) in [5.41, 5.74) is 3.39. The first-order valence-electron chi connectivity index (χ1n) is 11.2. The van der Waals surface area contributed by atoms with Crippen molar-refractivity contribution in [1.82, 2.24) is 14.2 Å². The second kappa shape index (κ2) is 9.97. The average molecular weight is 568 g/mol. The van der Waals surface area contributed by atoms with E-state index in [1.54, 1.807) is 18.3 Å². The van der Waals surface area contributed by atoms with Crippen molar-refractivity contribution < 1.29 is 0 Å². The lowest BCUT2D eigenvalue weighted by atomic mass is 10.2. The van der Waals surface area contributed by atoms with Gasteiger partial charge in [0.1, 0.15) is 5.82 Å². The molecule has 35 heavy (non-hydrogen) atoms. The van der Waals surface area contributed by atoms with Crippen molar-refractivity contribution in [2.45, 2.75) is 26.3 Å². The van der Waals surface area contributed by atoms with E-state index in [-0.39, 0.29) is 5.56 Å². The Morgan fingerprint density at radius 1 is 1.06 bits per heavy atom. The predicted molar refractivity (Wildman–Crippen MR) is 148 cm³/mol. The lowest BCUT2D eigenvalue weighted by molar-refractivity contribution is 0.704. The van der Waals surface area contributed by atoms with Gasteiger partial charge in [0.15, 0.2) is 0 Å². The van der Waals surface area contributed by atoms with E-state index in [4.69, 9.17) is 28.2 Å². The highest BCUT2D eigenvalue weighted by Gasteiger charge is 2.12. The van der Waals surface area contributed by atoms with Crippen molar-refractivity contribution in [3.8, 4) is 0 Å². The Morgan fingerprint density at radius 2 is 1.89 bits per heavy atom. The van der Waals surface area contributed by atoms with Crippen LogP contribution >= 0.6 is 39.1 Å². The molecule has 0 aliphatic heterocycles. The number of rotatable bonds is 6. The lowest BCUT2D eigenvalue weighted by Gasteiger charge is -2.08. The molecular weight excluding hydrogens is 547 g/mol. The molecule has 0 aliphatic carbocycles. The van der Waals surface area contributed by atoms with E-state index in [9.17, 15) is 4.79 Å². The molecule has 8 heteroatoms. The van der Waals surface area contributed by atoms with Gasteiger partial charge in [-0.2, -0.15) is 9.78 Å². The smallest absolute Gasteiger partial charge is 0.282 e. The quantitative estimate of drug-likeness (QED) is 0.202. The molecular formula is C27H21BrCl2N4O. The second-order valence-corrected chi connectivity index (χ2v) is 10.0. The number of hydrogen-bond acceptors (Lipinski definition) is 3. The molecule has 2 heterocycles. The number of halogens is 3. The first-order chi connectivity index (χ1) is 16.9. The van der Waals surface area contributed by atoms with Gasteiger partial charge in [-0.1, -0.05) is 70.3 Å². The highest BCUT2D eigenvalue weighted by molar-refractivity contribution is 9.10. The third-order valence-corrected chi connectivity index (χ3v) is 6.92. The van der Waals surface area contributed by atoms with E-state index in [0.717, 1.165) is 32.9 Å². The van der Waals surface area contributed by atoms with Crippen molar-refractivity contribution in [2.75, 3.05) is 0 Å². The predicted octanol–water partition coefficient (Wildman–Crippen LogP) is 7.30. The fourth-order valence-electron chi connectivity index (χ4n) is 4.16. The summed E-state index contributed by atoms with van der Waals surface area (Å²) in [6, 6.07) is 19.1. The number of hydrogen-bond donors (Lipinski definition) is 0. The van der Waals surface area contributed by atoms with Crippen molar-refractivity contribution >= 4 is 67.2 Å². The fraction of sp³-hybridized carbons (Fsp3) is 0.148. The van der Waals surface area contributed by atoms with Crippen molar-refractivity contribution in [2.24, 2.45) is 5.10 Å². The molecule has 3 aromatic carbocycles. The number of benzene rings is 3. The van der Waals surface area contributed by atoms with Gasteiger partial charge < -0.3 is 4.57 Å². The Labute approximate surface area is 220 Å². The molecule has 0 spiro atoms. The second-order valence-electron chi connectivity index (χ2n) is 8.27. The summed E-state index contributed by atoms with van der Waals surface area (Å²) in [6.45, 7) is 2.64. The Morgan fingerprint density at radius 3 is 2.69 bits per heavy atom. The maximum Gasteiger partial charge on any atom is 0.282 e. The Kier molecular flexibility index (Phi) is 6.78. The van der Waals surface area contributed by atoms with Gasteiger partial charge in [0.25, 0.3) is 5.56 Å². The Bertz CT molecular complexity index is 1660. The molecule has 0 aliphatic rings. The summed E-state index contributed by atoms with van der Waals surface area (Å²) in [5, 5.41) is 7.40. The van der Waals surface area contributed by atoms with Gasteiger partial charge in [-0.15, -0.1) is 0 Å².